The maximum Gasteiger partial charge on any atom is 0.411 e. The van der Waals surface area contributed by atoms with Gasteiger partial charge in [0.1, 0.15) is 5.54 Å². The second-order valence-corrected chi connectivity index (χ2v) is 11.5. The molecule has 43 heavy (non-hydrogen) atoms. The molecular formula is C30H40F3N7O3. The predicted octanol–water partition coefficient (Wildman–Crippen LogP) is 4.07. The van der Waals surface area contributed by atoms with Gasteiger partial charge in [0.25, 0.3) is 5.91 Å². The van der Waals surface area contributed by atoms with Crippen LogP contribution in [0.4, 0.5) is 23.7 Å². The van der Waals surface area contributed by atoms with Crippen molar-refractivity contribution in [3.63, 3.8) is 0 Å². The van der Waals surface area contributed by atoms with E-state index in [2.05, 4.69) is 20.5 Å². The van der Waals surface area contributed by atoms with Crippen molar-refractivity contribution in [2.45, 2.75) is 70.3 Å². The number of piperazine rings is 1. The molecule has 2 aromatic rings. The Kier molecular flexibility index (Phi) is 9.00. The van der Waals surface area contributed by atoms with Crippen LogP contribution in [0.1, 0.15) is 56.9 Å². The zero-order chi connectivity index (χ0) is 30.8. The minimum Gasteiger partial charge on any atom is -0.477 e. The highest BCUT2D eigenvalue weighted by Crippen LogP contribution is 2.43. The van der Waals surface area contributed by atoms with Crippen LogP contribution in [-0.2, 0) is 0 Å². The molecule has 0 aromatic carbocycles. The van der Waals surface area contributed by atoms with E-state index in [1.807, 2.05) is 32.0 Å². The highest BCUT2D eigenvalue weighted by molar-refractivity contribution is 5.99. The standard InChI is InChI=1S/C30H40F3N7O3/c1-4-21-19-38(28(42)40-15-7-12-29(40,3)30(31,32)33)16-17-39(21)24-10-9-23(22-8-6-13-35-27(22)43-5-2)37-25(24)26(41)36-20-11-14-34-18-20/h6,8-10,13,20-21,34H,4-5,7,11-12,14-19H2,1-3H3,(H,36,41)/t20-,21-,29?/m1/s1. The van der Waals surface area contributed by atoms with Crippen molar-refractivity contribution in [2.75, 3.05) is 50.8 Å². The summed E-state index contributed by atoms with van der Waals surface area (Å²) < 4.78 is 47.6. The van der Waals surface area contributed by atoms with Crippen molar-refractivity contribution < 1.29 is 27.5 Å². The molecule has 10 nitrogen and oxygen atoms in total. The molecule has 0 aliphatic carbocycles. The third kappa shape index (κ3) is 6.09. The number of pyridine rings is 2. The minimum absolute atomic E-state index is 0.0250. The lowest BCUT2D eigenvalue weighted by atomic mass is 9.98. The zero-order valence-electron chi connectivity index (χ0n) is 24.9. The number of carbonyl (C=O) groups excluding carboxylic acids is 2. The van der Waals surface area contributed by atoms with Crippen LogP contribution in [0.3, 0.4) is 0 Å². The molecule has 0 radical (unpaired) electrons. The fourth-order valence-electron chi connectivity index (χ4n) is 6.30. The van der Waals surface area contributed by atoms with Gasteiger partial charge in [0, 0.05) is 51.0 Å². The summed E-state index contributed by atoms with van der Waals surface area (Å²) in [6.07, 6.45) is -1.24. The van der Waals surface area contributed by atoms with Gasteiger partial charge in [0.15, 0.2) is 5.69 Å². The lowest BCUT2D eigenvalue weighted by Gasteiger charge is -2.46. The second kappa shape index (κ2) is 12.6. The molecule has 3 amide bonds. The second-order valence-electron chi connectivity index (χ2n) is 11.5. The minimum atomic E-state index is -4.51. The highest BCUT2D eigenvalue weighted by atomic mass is 19.4. The summed E-state index contributed by atoms with van der Waals surface area (Å²) in [5.74, 6) is 0.113. The molecule has 3 atom stereocenters. The summed E-state index contributed by atoms with van der Waals surface area (Å²) in [7, 11) is 0. The van der Waals surface area contributed by atoms with E-state index < -0.39 is 17.7 Å². The number of rotatable bonds is 7. The van der Waals surface area contributed by atoms with Crippen LogP contribution in [0.5, 0.6) is 5.88 Å². The zero-order valence-corrected chi connectivity index (χ0v) is 24.9. The van der Waals surface area contributed by atoms with Crippen LogP contribution in [0.15, 0.2) is 30.5 Å². The summed E-state index contributed by atoms with van der Waals surface area (Å²) in [5, 5.41) is 6.35. The van der Waals surface area contributed by atoms with Gasteiger partial charge in [-0.2, -0.15) is 13.2 Å². The molecule has 3 aliphatic rings. The predicted molar refractivity (Wildman–Crippen MR) is 156 cm³/mol. The number of alkyl halides is 3. The number of aromatic nitrogens is 2. The summed E-state index contributed by atoms with van der Waals surface area (Å²) in [4.78, 5) is 40.9. The summed E-state index contributed by atoms with van der Waals surface area (Å²) in [6, 6.07) is 6.47. The first-order valence-corrected chi connectivity index (χ1v) is 15.1. The first-order valence-electron chi connectivity index (χ1n) is 15.1. The lowest BCUT2D eigenvalue weighted by molar-refractivity contribution is -0.210. The van der Waals surface area contributed by atoms with E-state index in [4.69, 9.17) is 9.72 Å². The number of amides is 3. The summed E-state index contributed by atoms with van der Waals surface area (Å²) in [6.45, 7) is 7.76. The van der Waals surface area contributed by atoms with Gasteiger partial charge in [0.2, 0.25) is 5.88 Å². The van der Waals surface area contributed by atoms with Gasteiger partial charge in [-0.25, -0.2) is 14.8 Å². The van der Waals surface area contributed by atoms with Crippen molar-refractivity contribution in [3.05, 3.63) is 36.2 Å². The highest BCUT2D eigenvalue weighted by Gasteiger charge is 2.59. The van der Waals surface area contributed by atoms with E-state index in [0.29, 0.717) is 55.4 Å². The Morgan fingerprint density at radius 2 is 2.00 bits per heavy atom. The van der Waals surface area contributed by atoms with E-state index in [9.17, 15) is 22.8 Å². The Morgan fingerprint density at radius 1 is 1.19 bits per heavy atom. The maximum absolute atomic E-state index is 14.0. The van der Waals surface area contributed by atoms with Crippen molar-refractivity contribution in [1.29, 1.82) is 0 Å². The van der Waals surface area contributed by atoms with Gasteiger partial charge >= 0.3 is 12.2 Å². The van der Waals surface area contributed by atoms with Gasteiger partial charge in [-0.3, -0.25) is 4.79 Å². The summed E-state index contributed by atoms with van der Waals surface area (Å²) in [5.41, 5.74) is -0.103. The van der Waals surface area contributed by atoms with Crippen LogP contribution in [0.2, 0.25) is 0 Å². The normalized spacial score (nSPS) is 24.4. The molecule has 0 spiro atoms. The third-order valence-corrected chi connectivity index (χ3v) is 8.83. The number of nitrogens with one attached hydrogen (secondary N) is 2. The Labute approximate surface area is 250 Å². The van der Waals surface area contributed by atoms with Gasteiger partial charge in [-0.1, -0.05) is 6.92 Å². The number of urea groups is 1. The number of likely N-dealkylation sites (tertiary alicyclic amines) is 1. The average Bonchev–Trinajstić information content (AvgIpc) is 3.66. The molecule has 0 bridgehead atoms. The van der Waals surface area contributed by atoms with Gasteiger partial charge in [-0.15, -0.1) is 0 Å². The van der Waals surface area contributed by atoms with E-state index >= 15 is 0 Å². The van der Waals surface area contributed by atoms with Gasteiger partial charge in [0.05, 0.1) is 23.6 Å². The third-order valence-electron chi connectivity index (χ3n) is 8.83. The van der Waals surface area contributed by atoms with Crippen molar-refractivity contribution >= 4 is 17.6 Å². The number of halogens is 3. The Balaban J connectivity index is 1.44. The quantitative estimate of drug-likeness (QED) is 0.492. The van der Waals surface area contributed by atoms with Gasteiger partial charge < -0.3 is 30.1 Å². The molecule has 2 N–H and O–H groups in total. The molecule has 5 rings (SSSR count). The van der Waals surface area contributed by atoms with E-state index in [1.165, 1.54) is 4.90 Å². The van der Waals surface area contributed by atoms with E-state index in [0.717, 1.165) is 24.8 Å². The van der Waals surface area contributed by atoms with Crippen LogP contribution < -0.4 is 20.3 Å². The van der Waals surface area contributed by atoms with Crippen LogP contribution in [0, 0.1) is 0 Å². The molecule has 3 fully saturated rings. The fraction of sp³-hybridized carbons (Fsp3) is 0.600. The summed E-state index contributed by atoms with van der Waals surface area (Å²) >= 11 is 0. The van der Waals surface area contributed by atoms with Crippen molar-refractivity contribution in [2.24, 2.45) is 0 Å². The molecule has 5 heterocycles. The Hall–Kier alpha value is -3.61. The Morgan fingerprint density at radius 3 is 2.70 bits per heavy atom. The molecule has 1 unspecified atom stereocenters. The topological polar surface area (TPSA) is 103 Å². The molecule has 0 saturated carbocycles. The number of anilines is 1. The van der Waals surface area contributed by atoms with E-state index in [-0.39, 0.29) is 49.7 Å². The molecular weight excluding hydrogens is 563 g/mol. The Bertz CT molecular complexity index is 1320. The van der Waals surface area contributed by atoms with Crippen LogP contribution in [-0.4, -0.2) is 101 Å². The molecule has 2 aromatic heterocycles. The SMILES string of the molecule is CCOc1ncccc1-c1ccc(N2CCN(C(=O)N3CCCC3(C)C(F)(F)F)C[C@H]2CC)c(C(=O)N[C@@H]2CCNC2)n1. The first-order chi connectivity index (χ1) is 20.6. The largest absolute Gasteiger partial charge is 0.477 e. The lowest BCUT2D eigenvalue weighted by Crippen LogP contribution is -2.62. The first kappa shape index (κ1) is 30.8. The van der Waals surface area contributed by atoms with Gasteiger partial charge in [-0.05, 0) is 70.3 Å². The molecule has 234 valence electrons. The van der Waals surface area contributed by atoms with Crippen LogP contribution >= 0.6 is 0 Å². The number of ether oxygens (including phenoxy) is 1. The molecule has 3 aliphatic heterocycles. The van der Waals surface area contributed by atoms with Crippen molar-refractivity contribution in [1.82, 2.24) is 30.4 Å². The smallest absolute Gasteiger partial charge is 0.411 e. The average molecular weight is 604 g/mol. The van der Waals surface area contributed by atoms with Crippen LogP contribution in [0.25, 0.3) is 11.3 Å². The molecule has 3 saturated heterocycles. The van der Waals surface area contributed by atoms with E-state index in [1.54, 1.807) is 12.3 Å². The number of nitrogens with zero attached hydrogens (tertiary/aromatic N) is 5. The number of carbonyl (C=O) groups is 2. The fourth-order valence-corrected chi connectivity index (χ4v) is 6.30. The number of hydrogen-bond donors (Lipinski definition) is 2. The number of hydrogen-bond acceptors (Lipinski definition) is 7. The monoisotopic (exact) mass is 603 g/mol. The van der Waals surface area contributed by atoms with Crippen molar-refractivity contribution in [3.8, 4) is 17.1 Å². The molecule has 13 heteroatoms. The maximum atomic E-state index is 14.0.